The van der Waals surface area contributed by atoms with Crippen LogP contribution in [0.1, 0.15) is 17.0 Å². The predicted octanol–water partition coefficient (Wildman–Crippen LogP) is 3.41. The summed E-state index contributed by atoms with van der Waals surface area (Å²) in [6, 6.07) is 6.74. The van der Waals surface area contributed by atoms with Crippen molar-refractivity contribution in [3.63, 3.8) is 0 Å². The number of carbonyl (C=O) groups excluding carboxylic acids is 1. The minimum atomic E-state index is -3.60. The number of hydrogen-bond donors (Lipinski definition) is 1. The predicted molar refractivity (Wildman–Crippen MR) is 146 cm³/mol. The molecule has 0 aliphatic carbocycles. The van der Waals surface area contributed by atoms with Crippen molar-refractivity contribution in [2.75, 3.05) is 39.0 Å². The third-order valence-corrected chi connectivity index (χ3v) is 9.35. The number of hydrogen-bond acceptors (Lipinski definition) is 6. The van der Waals surface area contributed by atoms with Gasteiger partial charge in [-0.05, 0) is 31.2 Å². The molecule has 1 amide bonds. The summed E-state index contributed by atoms with van der Waals surface area (Å²) in [7, 11) is 0.224. The Kier molecular flexibility index (Phi) is 10.3. The topological polar surface area (TPSA) is 90.8 Å². The van der Waals surface area contributed by atoms with E-state index < -0.39 is 9.84 Å². The van der Waals surface area contributed by atoms with E-state index in [0.29, 0.717) is 23.6 Å². The number of fused-ring (bicyclic) bond motifs is 1. The molecule has 1 fully saturated rings. The molecule has 3 heterocycles. The Morgan fingerprint density at radius 3 is 2.49 bits per heavy atom. The van der Waals surface area contributed by atoms with Crippen molar-refractivity contribution >= 4 is 74.4 Å². The van der Waals surface area contributed by atoms with E-state index in [1.165, 1.54) is 10.6 Å². The van der Waals surface area contributed by atoms with Gasteiger partial charge in [-0.15, -0.1) is 36.2 Å². The molecule has 1 saturated heterocycles. The van der Waals surface area contributed by atoms with Crippen LogP contribution < -0.4 is 4.80 Å². The van der Waals surface area contributed by atoms with Gasteiger partial charge in [0.1, 0.15) is 5.03 Å². The lowest BCUT2D eigenvalue weighted by atomic mass is 10.2. The monoisotopic (exact) mass is 581 g/mol. The molecule has 35 heavy (non-hydrogen) atoms. The van der Waals surface area contributed by atoms with Crippen molar-refractivity contribution in [3.8, 4) is 0 Å². The maximum Gasteiger partial charge on any atom is 0.223 e. The molecule has 1 aromatic carbocycles. The Morgan fingerprint density at radius 2 is 1.86 bits per heavy atom. The molecule has 0 saturated carbocycles. The van der Waals surface area contributed by atoms with E-state index in [1.807, 2.05) is 7.05 Å². The van der Waals surface area contributed by atoms with E-state index in [4.69, 9.17) is 11.6 Å². The number of halogens is 3. The average Bonchev–Trinajstić information content (AvgIpc) is 3.34. The molecular weight excluding hydrogens is 553 g/mol. The largest absolute Gasteiger partial charge is 0.346 e. The number of sulfone groups is 1. The molecule has 0 unspecified atom stereocenters. The SMILES string of the molecule is CN=c1sc(CN2CCN(C(=O)CCS(=O)(=O)c3cc4cc(Cl)ccc4[nH]3)CC2)c(C)n1C.Cl.Cl. The van der Waals surface area contributed by atoms with E-state index in [0.717, 1.165) is 29.8 Å². The van der Waals surface area contributed by atoms with Gasteiger partial charge in [0.25, 0.3) is 0 Å². The van der Waals surface area contributed by atoms with Crippen molar-refractivity contribution < 1.29 is 13.2 Å². The fourth-order valence-corrected chi connectivity index (χ4v) is 6.55. The summed E-state index contributed by atoms with van der Waals surface area (Å²) in [5.41, 5.74) is 1.92. The van der Waals surface area contributed by atoms with Crippen LogP contribution in [0.25, 0.3) is 10.9 Å². The summed E-state index contributed by atoms with van der Waals surface area (Å²) in [5.74, 6) is -0.344. The highest BCUT2D eigenvalue weighted by molar-refractivity contribution is 7.91. The first kappa shape index (κ1) is 29.7. The van der Waals surface area contributed by atoms with Crippen molar-refractivity contribution in [1.82, 2.24) is 19.4 Å². The zero-order chi connectivity index (χ0) is 23.8. The first-order chi connectivity index (χ1) is 15.7. The van der Waals surface area contributed by atoms with Crippen LogP contribution in [0.2, 0.25) is 5.02 Å². The Bertz CT molecular complexity index is 1360. The minimum absolute atomic E-state index is 0. The molecule has 0 radical (unpaired) electrons. The van der Waals surface area contributed by atoms with Crippen LogP contribution in [-0.4, -0.2) is 72.7 Å². The number of benzene rings is 1. The average molecular weight is 583 g/mol. The molecule has 0 spiro atoms. The van der Waals surface area contributed by atoms with E-state index in [9.17, 15) is 13.2 Å². The number of H-pyrrole nitrogens is 1. The van der Waals surface area contributed by atoms with Gasteiger partial charge < -0.3 is 14.5 Å². The van der Waals surface area contributed by atoms with E-state index in [1.54, 1.807) is 47.5 Å². The molecule has 8 nitrogen and oxygen atoms in total. The van der Waals surface area contributed by atoms with Gasteiger partial charge in [-0.2, -0.15) is 0 Å². The standard InChI is InChI=1S/C22H28ClN5O3S2.2ClH/c1-15-19(32-22(24-2)26(15)3)14-27-7-9-28(10-8-27)21(29)6-11-33(30,31)20-13-16-12-17(23)4-5-18(16)25-20;;/h4-5,12-13,25H,6-11,14H2,1-3H3;2*1H. The van der Waals surface area contributed by atoms with Gasteiger partial charge in [0.15, 0.2) is 14.6 Å². The fourth-order valence-electron chi connectivity index (χ4n) is 4.02. The lowest BCUT2D eigenvalue weighted by molar-refractivity contribution is -0.132. The Hall–Kier alpha value is -1.56. The van der Waals surface area contributed by atoms with Crippen LogP contribution in [0, 0.1) is 6.92 Å². The number of aromatic amines is 1. The van der Waals surface area contributed by atoms with E-state index in [-0.39, 0.29) is 47.9 Å². The van der Waals surface area contributed by atoms with Crippen LogP contribution in [0.5, 0.6) is 0 Å². The number of rotatable bonds is 6. The van der Waals surface area contributed by atoms with Gasteiger partial charge in [-0.1, -0.05) is 11.6 Å². The number of aromatic nitrogens is 2. The fraction of sp³-hybridized carbons (Fsp3) is 0.455. The Balaban J connectivity index is 0.00000216. The van der Waals surface area contributed by atoms with Crippen LogP contribution in [-0.2, 0) is 28.2 Å². The number of piperazine rings is 1. The quantitative estimate of drug-likeness (QED) is 0.482. The van der Waals surface area contributed by atoms with Gasteiger partial charge in [0.2, 0.25) is 5.91 Å². The van der Waals surface area contributed by atoms with Crippen molar-refractivity contribution in [1.29, 1.82) is 0 Å². The lowest BCUT2D eigenvalue weighted by Gasteiger charge is -2.34. The smallest absolute Gasteiger partial charge is 0.223 e. The molecular formula is C22H30Cl3N5O3S2. The molecule has 1 aliphatic rings. The van der Waals surface area contributed by atoms with Gasteiger partial charge in [-0.3, -0.25) is 14.7 Å². The maximum atomic E-state index is 12.8. The second-order valence-corrected chi connectivity index (χ2v) is 11.8. The number of amides is 1. The first-order valence-electron chi connectivity index (χ1n) is 10.8. The highest BCUT2D eigenvalue weighted by Gasteiger charge is 2.25. The Morgan fingerprint density at radius 1 is 1.17 bits per heavy atom. The van der Waals surface area contributed by atoms with Gasteiger partial charge in [0, 0.05) is 79.7 Å². The van der Waals surface area contributed by atoms with Crippen LogP contribution in [0.15, 0.2) is 34.3 Å². The van der Waals surface area contributed by atoms with Crippen molar-refractivity contribution in [2.45, 2.75) is 24.9 Å². The van der Waals surface area contributed by atoms with Crippen LogP contribution in [0.3, 0.4) is 0 Å². The highest BCUT2D eigenvalue weighted by atomic mass is 35.5. The summed E-state index contributed by atoms with van der Waals surface area (Å²) in [4.78, 5) is 26.3. The maximum absolute atomic E-state index is 12.8. The van der Waals surface area contributed by atoms with Gasteiger partial charge in [-0.25, -0.2) is 8.42 Å². The van der Waals surface area contributed by atoms with E-state index >= 15 is 0 Å². The van der Waals surface area contributed by atoms with Gasteiger partial charge >= 0.3 is 0 Å². The molecule has 194 valence electrons. The molecule has 1 N–H and O–H groups in total. The molecule has 4 rings (SSSR count). The number of nitrogens with one attached hydrogen (secondary N) is 1. The third-order valence-electron chi connectivity index (χ3n) is 6.17. The third kappa shape index (κ3) is 6.61. The summed E-state index contributed by atoms with van der Waals surface area (Å²) in [6.07, 6.45) is -0.0281. The summed E-state index contributed by atoms with van der Waals surface area (Å²) in [6.45, 7) is 5.67. The van der Waals surface area contributed by atoms with Crippen LogP contribution >= 0.6 is 47.8 Å². The zero-order valence-corrected chi connectivity index (χ0v) is 23.8. The molecule has 2 aromatic heterocycles. The second kappa shape index (κ2) is 12.1. The second-order valence-electron chi connectivity index (χ2n) is 8.27. The van der Waals surface area contributed by atoms with Crippen molar-refractivity contribution in [2.24, 2.45) is 12.0 Å². The number of nitrogens with zero attached hydrogens (tertiary/aromatic N) is 4. The molecule has 13 heteroatoms. The summed E-state index contributed by atoms with van der Waals surface area (Å²) in [5, 5.41) is 1.40. The number of thiazole rings is 1. The van der Waals surface area contributed by atoms with Gasteiger partial charge in [0.05, 0.1) is 5.75 Å². The minimum Gasteiger partial charge on any atom is -0.346 e. The zero-order valence-electron chi connectivity index (χ0n) is 19.8. The molecule has 3 aromatic rings. The summed E-state index contributed by atoms with van der Waals surface area (Å²) >= 11 is 7.68. The highest BCUT2D eigenvalue weighted by Crippen LogP contribution is 2.23. The van der Waals surface area contributed by atoms with E-state index in [2.05, 4.69) is 26.4 Å². The van der Waals surface area contributed by atoms with Crippen molar-refractivity contribution in [3.05, 3.63) is 44.7 Å². The van der Waals surface area contributed by atoms with Crippen LogP contribution in [0.4, 0.5) is 0 Å². The molecule has 0 atom stereocenters. The molecule has 0 bridgehead atoms. The lowest BCUT2D eigenvalue weighted by Crippen LogP contribution is -2.48. The Labute approximate surface area is 226 Å². The molecule has 1 aliphatic heterocycles. The first-order valence-corrected chi connectivity index (χ1v) is 13.6. The normalized spacial score (nSPS) is 15.2. The summed E-state index contributed by atoms with van der Waals surface area (Å²) < 4.78 is 27.6. The number of carbonyl (C=O) groups is 1.